The first kappa shape index (κ1) is 21.5. The van der Waals surface area contributed by atoms with Crippen molar-refractivity contribution in [1.29, 1.82) is 0 Å². The van der Waals surface area contributed by atoms with Crippen LogP contribution < -0.4 is 4.74 Å². The lowest BCUT2D eigenvalue weighted by Crippen LogP contribution is -2.35. The van der Waals surface area contributed by atoms with E-state index in [0.29, 0.717) is 18.7 Å². The number of carbonyl (C=O) groups is 1. The molecule has 3 rings (SSSR count). The highest BCUT2D eigenvalue weighted by Crippen LogP contribution is 2.36. The molecule has 5 nitrogen and oxygen atoms in total. The summed E-state index contributed by atoms with van der Waals surface area (Å²) in [5.41, 5.74) is -0.120. The largest absolute Gasteiger partial charge is 0.484 e. The molecule has 0 saturated carbocycles. The third-order valence-electron chi connectivity index (χ3n) is 4.70. The molecule has 1 fully saturated rings. The predicted molar refractivity (Wildman–Crippen MR) is 103 cm³/mol. The fourth-order valence-corrected chi connectivity index (χ4v) is 4.76. The average Bonchev–Trinajstić information content (AvgIpc) is 3.21. The number of nitrogens with zero attached hydrogens (tertiary/aromatic N) is 1. The van der Waals surface area contributed by atoms with E-state index < -0.39 is 28.2 Å². The molecule has 0 radical (unpaired) electrons. The Morgan fingerprint density at radius 3 is 2.52 bits per heavy atom. The monoisotopic (exact) mass is 428 g/mol. The van der Waals surface area contributed by atoms with Gasteiger partial charge in [-0.15, -0.1) is 0 Å². The van der Waals surface area contributed by atoms with Gasteiger partial charge in [0.05, 0.1) is 13.2 Å². The van der Waals surface area contributed by atoms with Crippen LogP contribution in [0.3, 0.4) is 0 Å². The Morgan fingerprint density at radius 2 is 1.86 bits per heavy atom. The molecule has 2 unspecified atom stereocenters. The summed E-state index contributed by atoms with van der Waals surface area (Å²) in [5.74, 6) is 0.187. The number of hydrogen-bond acceptors (Lipinski definition) is 4. The third kappa shape index (κ3) is 5.23. The van der Waals surface area contributed by atoms with Crippen molar-refractivity contribution in [1.82, 2.24) is 4.90 Å². The average molecular weight is 428 g/mol. The van der Waals surface area contributed by atoms with Crippen LogP contribution in [0, 0.1) is 0 Å². The van der Waals surface area contributed by atoms with E-state index in [1.807, 2.05) is 0 Å². The van der Waals surface area contributed by atoms with E-state index in [-0.39, 0.29) is 30.6 Å². The highest BCUT2D eigenvalue weighted by Gasteiger charge is 2.45. The van der Waals surface area contributed by atoms with Gasteiger partial charge in [0.15, 0.2) is 23.0 Å². The van der Waals surface area contributed by atoms with Crippen LogP contribution in [0.1, 0.15) is 17.5 Å². The summed E-state index contributed by atoms with van der Waals surface area (Å²) in [6.45, 7) is 0.241. The van der Waals surface area contributed by atoms with Gasteiger partial charge in [0, 0.05) is 13.0 Å². The number of aliphatic hydroxyl groups is 1. The van der Waals surface area contributed by atoms with E-state index in [2.05, 4.69) is 0 Å². The number of hydrogen-bond donors (Lipinski definition) is 2. The number of aliphatic hydroxyl groups excluding tert-OH is 1. The van der Waals surface area contributed by atoms with Crippen LogP contribution in [0.2, 0.25) is 0 Å². The van der Waals surface area contributed by atoms with Crippen LogP contribution in [0.4, 0.5) is 13.2 Å². The molecule has 1 heterocycles. The van der Waals surface area contributed by atoms with Gasteiger partial charge >= 0.3 is 6.18 Å². The zero-order valence-electron chi connectivity index (χ0n) is 15.4. The van der Waals surface area contributed by atoms with E-state index in [1.54, 1.807) is 24.3 Å². The minimum Gasteiger partial charge on any atom is -0.484 e. The summed E-state index contributed by atoms with van der Waals surface area (Å²) in [5, 5.41) is 8.57. The van der Waals surface area contributed by atoms with Crippen molar-refractivity contribution in [2.45, 2.75) is 29.3 Å². The van der Waals surface area contributed by atoms with Crippen LogP contribution in [0.25, 0.3) is 0 Å². The van der Waals surface area contributed by atoms with Crippen molar-refractivity contribution < 1.29 is 32.4 Å². The topological polar surface area (TPSA) is 70.0 Å². The van der Waals surface area contributed by atoms with Crippen LogP contribution >= 0.6 is 0 Å². The van der Waals surface area contributed by atoms with Gasteiger partial charge in [0.2, 0.25) is 4.90 Å². The lowest BCUT2D eigenvalue weighted by molar-refractivity contribution is -0.140. The second-order valence-corrected chi connectivity index (χ2v) is 8.39. The minimum atomic E-state index is -4.54. The van der Waals surface area contributed by atoms with Gasteiger partial charge in [0.1, 0.15) is 11.3 Å². The maximum Gasteiger partial charge on any atom is 0.421 e. The highest BCUT2D eigenvalue weighted by atomic mass is 32.2. The standard InChI is InChI=1S/C20H21F3NO4S/c21-20(22,23)17-3-1-2-4-18(17)29(27)16-9-10-24(11-16)19(26)13-28-15-7-5-14(12-25)6-8-15/h1-8,16,25,27H,9-13H2/q+1. The molecule has 2 aromatic rings. The van der Waals surface area contributed by atoms with E-state index in [1.165, 1.54) is 23.1 Å². The van der Waals surface area contributed by atoms with Crippen molar-refractivity contribution >= 4 is 17.1 Å². The summed E-state index contributed by atoms with van der Waals surface area (Å²) < 4.78 is 55.6. The molecule has 1 aliphatic rings. The minimum absolute atomic E-state index is 0.0883. The van der Waals surface area contributed by atoms with Crippen LogP contribution in [-0.2, 0) is 28.8 Å². The highest BCUT2D eigenvalue weighted by molar-refractivity contribution is 7.92. The van der Waals surface area contributed by atoms with Gasteiger partial charge in [0.25, 0.3) is 5.91 Å². The van der Waals surface area contributed by atoms with E-state index in [4.69, 9.17) is 9.84 Å². The summed E-state index contributed by atoms with van der Waals surface area (Å²) in [6.07, 6.45) is -4.12. The Bertz CT molecular complexity index is 844. The second-order valence-electron chi connectivity index (χ2n) is 6.65. The number of rotatable bonds is 6. The first-order valence-electron chi connectivity index (χ1n) is 8.98. The molecule has 156 valence electrons. The SMILES string of the molecule is O=C(COc1ccc(CO)cc1)N1CCC([S+](O)c2ccccc2C(F)(F)F)C1. The molecule has 1 aliphatic heterocycles. The van der Waals surface area contributed by atoms with Gasteiger partial charge in [-0.25, -0.2) is 0 Å². The molecule has 29 heavy (non-hydrogen) atoms. The number of ether oxygens (including phenoxy) is 1. The molecule has 0 aliphatic carbocycles. The quantitative estimate of drug-likeness (QED) is 0.693. The Kier molecular flexibility index (Phi) is 6.71. The maximum absolute atomic E-state index is 13.2. The van der Waals surface area contributed by atoms with Crippen LogP contribution in [-0.4, -0.2) is 45.4 Å². The number of benzene rings is 2. The van der Waals surface area contributed by atoms with Crippen LogP contribution in [0.5, 0.6) is 5.75 Å². The fraction of sp³-hybridized carbons (Fsp3) is 0.350. The zero-order valence-corrected chi connectivity index (χ0v) is 16.2. The van der Waals surface area contributed by atoms with Gasteiger partial charge in [-0.3, -0.25) is 4.79 Å². The van der Waals surface area contributed by atoms with Crippen molar-refractivity contribution in [2.24, 2.45) is 0 Å². The molecular formula is C20H21F3NO4S+. The maximum atomic E-state index is 13.2. The molecule has 2 N–H and O–H groups in total. The molecule has 2 atom stereocenters. The molecule has 0 bridgehead atoms. The summed E-state index contributed by atoms with van der Waals surface area (Å²) in [4.78, 5) is 13.7. The number of amides is 1. The first-order valence-corrected chi connectivity index (χ1v) is 10.2. The first-order chi connectivity index (χ1) is 13.8. The molecule has 9 heteroatoms. The second kappa shape index (κ2) is 9.06. The zero-order chi connectivity index (χ0) is 21.0. The lowest BCUT2D eigenvalue weighted by atomic mass is 10.2. The number of carbonyl (C=O) groups excluding carboxylic acids is 1. The van der Waals surface area contributed by atoms with Gasteiger partial charge in [-0.05, 0) is 29.8 Å². The van der Waals surface area contributed by atoms with Gasteiger partial charge in [-0.1, -0.05) is 24.3 Å². The van der Waals surface area contributed by atoms with Gasteiger partial charge < -0.3 is 14.7 Å². The van der Waals surface area contributed by atoms with Crippen molar-refractivity contribution in [2.75, 3.05) is 19.7 Å². The number of likely N-dealkylation sites (tertiary alicyclic amines) is 1. The molecule has 1 amide bonds. The van der Waals surface area contributed by atoms with Crippen molar-refractivity contribution in [3.05, 3.63) is 59.7 Å². The Balaban J connectivity index is 1.58. The Morgan fingerprint density at radius 1 is 1.17 bits per heavy atom. The normalized spacial score (nSPS) is 18.0. The summed E-state index contributed by atoms with van der Waals surface area (Å²) in [7, 11) is 0. The molecule has 0 spiro atoms. The summed E-state index contributed by atoms with van der Waals surface area (Å²) in [6, 6.07) is 11.7. The van der Waals surface area contributed by atoms with Crippen molar-refractivity contribution in [3.63, 3.8) is 0 Å². The predicted octanol–water partition coefficient (Wildman–Crippen LogP) is 3.33. The van der Waals surface area contributed by atoms with Gasteiger partial charge in [-0.2, -0.15) is 17.7 Å². The van der Waals surface area contributed by atoms with E-state index in [9.17, 15) is 22.5 Å². The Labute approximate surface area is 169 Å². The molecule has 2 aromatic carbocycles. The third-order valence-corrected chi connectivity index (χ3v) is 6.52. The molecule has 1 saturated heterocycles. The lowest BCUT2D eigenvalue weighted by Gasteiger charge is -2.16. The smallest absolute Gasteiger partial charge is 0.421 e. The van der Waals surface area contributed by atoms with Crippen LogP contribution in [0.15, 0.2) is 53.4 Å². The summed E-state index contributed by atoms with van der Waals surface area (Å²) >= 11 is -1.63. The van der Waals surface area contributed by atoms with Crippen molar-refractivity contribution in [3.8, 4) is 5.75 Å². The Hall–Kier alpha value is -2.23. The fourth-order valence-electron chi connectivity index (χ4n) is 3.13. The molecule has 0 aromatic heterocycles. The molecular weight excluding hydrogens is 407 g/mol. The van der Waals surface area contributed by atoms with E-state index in [0.717, 1.165) is 11.6 Å². The number of alkyl halides is 3. The number of halogens is 3. The van der Waals surface area contributed by atoms with E-state index >= 15 is 0 Å².